The van der Waals surface area contributed by atoms with Gasteiger partial charge in [-0.15, -0.1) is 0 Å². The van der Waals surface area contributed by atoms with E-state index >= 15 is 0 Å². The molecule has 2 aromatic rings. The van der Waals surface area contributed by atoms with Gasteiger partial charge in [0.2, 0.25) is 5.91 Å². The summed E-state index contributed by atoms with van der Waals surface area (Å²) in [4.78, 5) is 27.0. The lowest BCUT2D eigenvalue weighted by Crippen LogP contribution is -2.45. The lowest BCUT2D eigenvalue weighted by Gasteiger charge is -2.24. The number of carbonyl (C=O) groups is 2. The van der Waals surface area contributed by atoms with Gasteiger partial charge in [-0.05, 0) is 24.0 Å². The van der Waals surface area contributed by atoms with E-state index in [-0.39, 0.29) is 11.9 Å². The van der Waals surface area contributed by atoms with E-state index in [1.807, 2.05) is 65.6 Å². The van der Waals surface area contributed by atoms with Crippen LogP contribution in [-0.2, 0) is 11.3 Å². The molecule has 3 rings (SSSR count). The topological polar surface area (TPSA) is 61.4 Å². The Kier molecular flexibility index (Phi) is 5.67. The summed E-state index contributed by atoms with van der Waals surface area (Å²) >= 11 is 0. The van der Waals surface area contributed by atoms with Gasteiger partial charge in [-0.1, -0.05) is 60.7 Å². The molecule has 5 heteroatoms. The van der Waals surface area contributed by atoms with Gasteiger partial charge in [0.15, 0.2) is 0 Å². The number of benzene rings is 2. The zero-order chi connectivity index (χ0) is 17.5. The highest BCUT2D eigenvalue weighted by molar-refractivity contribution is 5.88. The predicted octanol–water partition coefficient (Wildman–Crippen LogP) is 2.85. The van der Waals surface area contributed by atoms with Crippen LogP contribution in [0.3, 0.4) is 0 Å². The number of hydrogen-bond donors (Lipinski definition) is 2. The molecule has 0 radical (unpaired) electrons. The Bertz CT molecular complexity index is 697. The van der Waals surface area contributed by atoms with E-state index in [1.165, 1.54) is 0 Å². The molecule has 1 saturated heterocycles. The van der Waals surface area contributed by atoms with Gasteiger partial charge >= 0.3 is 6.03 Å². The maximum Gasteiger partial charge on any atom is 0.315 e. The Morgan fingerprint density at radius 3 is 2.16 bits per heavy atom. The second kappa shape index (κ2) is 8.33. The lowest BCUT2D eigenvalue weighted by molar-refractivity contribution is -0.132. The van der Waals surface area contributed by atoms with Crippen molar-refractivity contribution < 1.29 is 9.59 Å². The minimum atomic E-state index is -0.657. The number of nitrogens with one attached hydrogen (secondary N) is 2. The Morgan fingerprint density at radius 1 is 0.920 bits per heavy atom. The number of hydrogen-bond acceptors (Lipinski definition) is 2. The molecular weight excluding hydrogens is 314 g/mol. The highest BCUT2D eigenvalue weighted by Gasteiger charge is 2.28. The molecule has 0 aliphatic carbocycles. The average molecular weight is 337 g/mol. The minimum Gasteiger partial charge on any atom is -0.341 e. The third-order valence-corrected chi connectivity index (χ3v) is 4.37. The van der Waals surface area contributed by atoms with Gasteiger partial charge in [0.05, 0.1) is 0 Å². The van der Waals surface area contributed by atoms with Gasteiger partial charge in [-0.2, -0.15) is 0 Å². The van der Waals surface area contributed by atoms with Crippen molar-refractivity contribution >= 4 is 11.9 Å². The SMILES string of the molecule is O=C(NCc1ccccc1)N[C@H](C(=O)N1CCCC1)c1ccccc1. The number of amides is 3. The number of likely N-dealkylation sites (tertiary alicyclic amines) is 1. The second-order valence-corrected chi connectivity index (χ2v) is 6.19. The highest BCUT2D eigenvalue weighted by atomic mass is 16.2. The highest BCUT2D eigenvalue weighted by Crippen LogP contribution is 2.19. The smallest absolute Gasteiger partial charge is 0.315 e. The van der Waals surface area contributed by atoms with E-state index in [0.717, 1.165) is 37.1 Å². The van der Waals surface area contributed by atoms with Gasteiger partial charge in [0.25, 0.3) is 0 Å². The number of urea groups is 1. The van der Waals surface area contributed by atoms with E-state index in [0.29, 0.717) is 6.54 Å². The van der Waals surface area contributed by atoms with Crippen LogP contribution in [0.2, 0.25) is 0 Å². The molecule has 1 aliphatic heterocycles. The molecular formula is C20H23N3O2. The van der Waals surface area contributed by atoms with Gasteiger partial charge in [-0.3, -0.25) is 4.79 Å². The summed E-state index contributed by atoms with van der Waals surface area (Å²) in [6.45, 7) is 1.94. The summed E-state index contributed by atoms with van der Waals surface area (Å²) in [7, 11) is 0. The quantitative estimate of drug-likeness (QED) is 0.881. The van der Waals surface area contributed by atoms with Gasteiger partial charge in [0, 0.05) is 19.6 Å². The monoisotopic (exact) mass is 337 g/mol. The number of nitrogens with zero attached hydrogens (tertiary/aromatic N) is 1. The first-order valence-electron chi connectivity index (χ1n) is 8.66. The van der Waals surface area contributed by atoms with E-state index in [2.05, 4.69) is 10.6 Å². The van der Waals surface area contributed by atoms with Crippen molar-refractivity contribution in [1.82, 2.24) is 15.5 Å². The summed E-state index contributed by atoms with van der Waals surface area (Å²) in [5.74, 6) is -0.0430. The molecule has 0 saturated carbocycles. The Hall–Kier alpha value is -2.82. The first-order valence-corrected chi connectivity index (χ1v) is 8.66. The van der Waals surface area contributed by atoms with E-state index in [1.54, 1.807) is 0 Å². The molecule has 0 bridgehead atoms. The van der Waals surface area contributed by atoms with Crippen molar-refractivity contribution in [2.24, 2.45) is 0 Å². The average Bonchev–Trinajstić information content (AvgIpc) is 3.20. The van der Waals surface area contributed by atoms with Gasteiger partial charge in [-0.25, -0.2) is 4.79 Å². The fourth-order valence-corrected chi connectivity index (χ4v) is 3.01. The fourth-order valence-electron chi connectivity index (χ4n) is 3.01. The maximum atomic E-state index is 12.8. The van der Waals surface area contributed by atoms with Crippen molar-refractivity contribution in [2.75, 3.05) is 13.1 Å². The third kappa shape index (κ3) is 4.59. The Balaban J connectivity index is 1.66. The first-order chi connectivity index (χ1) is 12.2. The molecule has 3 amide bonds. The van der Waals surface area contributed by atoms with E-state index in [4.69, 9.17) is 0 Å². The van der Waals surface area contributed by atoms with Crippen LogP contribution in [0, 0.1) is 0 Å². The van der Waals surface area contributed by atoms with Crippen LogP contribution in [0.5, 0.6) is 0 Å². The molecule has 1 fully saturated rings. The van der Waals surface area contributed by atoms with Crippen molar-refractivity contribution in [3.63, 3.8) is 0 Å². The number of rotatable bonds is 5. The molecule has 1 heterocycles. The zero-order valence-corrected chi connectivity index (χ0v) is 14.2. The molecule has 130 valence electrons. The van der Waals surface area contributed by atoms with Crippen molar-refractivity contribution in [1.29, 1.82) is 0 Å². The van der Waals surface area contributed by atoms with E-state index in [9.17, 15) is 9.59 Å². The van der Waals surface area contributed by atoms with Crippen LogP contribution in [0.15, 0.2) is 60.7 Å². The van der Waals surface area contributed by atoms with Crippen molar-refractivity contribution in [3.05, 3.63) is 71.8 Å². The standard InChI is InChI=1S/C20H23N3O2/c24-19(23-13-7-8-14-23)18(17-11-5-2-6-12-17)22-20(25)21-15-16-9-3-1-4-10-16/h1-6,9-12,18H,7-8,13-15H2,(H2,21,22,25)/t18-/m0/s1. The van der Waals surface area contributed by atoms with Crippen LogP contribution < -0.4 is 10.6 Å². The minimum absolute atomic E-state index is 0.0430. The van der Waals surface area contributed by atoms with Gasteiger partial charge in [0.1, 0.15) is 6.04 Å². The first kappa shape index (κ1) is 17.0. The van der Waals surface area contributed by atoms with Crippen LogP contribution in [0.4, 0.5) is 4.79 Å². The molecule has 2 N–H and O–H groups in total. The van der Waals surface area contributed by atoms with Crippen molar-refractivity contribution in [3.8, 4) is 0 Å². The molecule has 0 spiro atoms. The van der Waals surface area contributed by atoms with Crippen molar-refractivity contribution in [2.45, 2.75) is 25.4 Å². The molecule has 25 heavy (non-hydrogen) atoms. The second-order valence-electron chi connectivity index (χ2n) is 6.19. The van der Waals surface area contributed by atoms with Crippen LogP contribution in [-0.4, -0.2) is 29.9 Å². The molecule has 2 aromatic carbocycles. The van der Waals surface area contributed by atoms with Crippen LogP contribution in [0.25, 0.3) is 0 Å². The Labute approximate surface area is 148 Å². The summed E-state index contributed by atoms with van der Waals surface area (Å²) < 4.78 is 0. The summed E-state index contributed by atoms with van der Waals surface area (Å²) in [5, 5.41) is 5.66. The molecule has 0 unspecified atom stereocenters. The fraction of sp³-hybridized carbons (Fsp3) is 0.300. The largest absolute Gasteiger partial charge is 0.341 e. The summed E-state index contributed by atoms with van der Waals surface area (Å²) in [6.07, 6.45) is 2.04. The van der Waals surface area contributed by atoms with Gasteiger partial charge < -0.3 is 15.5 Å². The van der Waals surface area contributed by atoms with Crippen LogP contribution in [0.1, 0.15) is 30.0 Å². The normalized spacial score (nSPS) is 14.8. The molecule has 0 aromatic heterocycles. The van der Waals surface area contributed by atoms with E-state index < -0.39 is 6.04 Å². The Morgan fingerprint density at radius 2 is 1.52 bits per heavy atom. The predicted molar refractivity (Wildman–Crippen MR) is 96.8 cm³/mol. The summed E-state index contributed by atoms with van der Waals surface area (Å²) in [5.41, 5.74) is 1.81. The summed E-state index contributed by atoms with van der Waals surface area (Å²) in [6, 6.07) is 18.1. The number of carbonyl (C=O) groups excluding carboxylic acids is 2. The molecule has 5 nitrogen and oxygen atoms in total. The lowest BCUT2D eigenvalue weighted by atomic mass is 10.1. The molecule has 1 atom stereocenters. The zero-order valence-electron chi connectivity index (χ0n) is 14.2. The molecule has 1 aliphatic rings. The third-order valence-electron chi connectivity index (χ3n) is 4.37. The van der Waals surface area contributed by atoms with Crippen LogP contribution >= 0.6 is 0 Å². The maximum absolute atomic E-state index is 12.8.